The first kappa shape index (κ1) is 14.8. The number of carbonyl (C=O) groups excluding carboxylic acids is 1. The van der Waals surface area contributed by atoms with Crippen molar-refractivity contribution >= 4 is 17.3 Å². The van der Waals surface area contributed by atoms with Crippen LogP contribution in [0.15, 0.2) is 18.2 Å². The minimum Gasteiger partial charge on any atom is -0.378 e. The maximum atomic E-state index is 11.7. The molecule has 1 heterocycles. The van der Waals surface area contributed by atoms with Gasteiger partial charge in [0.15, 0.2) is 6.10 Å². The number of nitrogens with zero attached hydrogens (tertiary/aromatic N) is 3. The molecule has 20 heavy (non-hydrogen) atoms. The fourth-order valence-electron chi connectivity index (χ4n) is 2.48. The molecule has 0 fully saturated rings. The molecular weight excluding hydrogens is 254 g/mol. The molecule has 1 aromatic rings. The summed E-state index contributed by atoms with van der Waals surface area (Å²) < 4.78 is 0. The van der Waals surface area contributed by atoms with Crippen LogP contribution in [-0.2, 0) is 4.79 Å². The van der Waals surface area contributed by atoms with Crippen molar-refractivity contribution < 1.29 is 9.90 Å². The highest BCUT2D eigenvalue weighted by molar-refractivity contribution is 6.03. The van der Waals surface area contributed by atoms with E-state index in [0.717, 1.165) is 30.9 Å². The predicted molar refractivity (Wildman–Crippen MR) is 81.3 cm³/mol. The van der Waals surface area contributed by atoms with Crippen molar-refractivity contribution in [1.29, 1.82) is 0 Å². The summed E-state index contributed by atoms with van der Waals surface area (Å²) in [4.78, 5) is 17.6. The first-order valence-corrected chi connectivity index (χ1v) is 6.87. The Morgan fingerprint density at radius 3 is 2.60 bits per heavy atom. The molecule has 1 aliphatic rings. The van der Waals surface area contributed by atoms with Crippen LogP contribution in [0.4, 0.5) is 11.4 Å². The van der Waals surface area contributed by atoms with E-state index in [1.165, 1.54) is 4.90 Å². The summed E-state index contributed by atoms with van der Waals surface area (Å²) in [5.74, 6) is -0.257. The third kappa shape index (κ3) is 2.78. The van der Waals surface area contributed by atoms with E-state index in [1.54, 1.807) is 7.05 Å². The average Bonchev–Trinajstić information content (AvgIpc) is 2.63. The number of benzene rings is 1. The quantitative estimate of drug-likeness (QED) is 0.875. The van der Waals surface area contributed by atoms with Gasteiger partial charge in [0.1, 0.15) is 0 Å². The summed E-state index contributed by atoms with van der Waals surface area (Å²) in [5, 5.41) is 9.84. The fraction of sp³-hybridized carbons (Fsp3) is 0.533. The van der Waals surface area contributed by atoms with Gasteiger partial charge < -0.3 is 19.8 Å². The number of hydrogen-bond acceptors (Lipinski definition) is 4. The number of rotatable bonds is 5. The Labute approximate surface area is 120 Å². The van der Waals surface area contributed by atoms with Crippen molar-refractivity contribution in [2.24, 2.45) is 0 Å². The van der Waals surface area contributed by atoms with Crippen molar-refractivity contribution in [3.8, 4) is 0 Å². The molecule has 110 valence electrons. The first-order valence-electron chi connectivity index (χ1n) is 6.87. The van der Waals surface area contributed by atoms with Crippen molar-refractivity contribution in [2.75, 3.05) is 51.1 Å². The normalized spacial score (nSPS) is 17.8. The van der Waals surface area contributed by atoms with E-state index >= 15 is 0 Å². The van der Waals surface area contributed by atoms with Gasteiger partial charge in [-0.2, -0.15) is 0 Å². The highest BCUT2D eigenvalue weighted by atomic mass is 16.3. The van der Waals surface area contributed by atoms with Crippen LogP contribution >= 0.6 is 0 Å². The topological polar surface area (TPSA) is 47.0 Å². The van der Waals surface area contributed by atoms with Crippen LogP contribution in [0.3, 0.4) is 0 Å². The van der Waals surface area contributed by atoms with E-state index in [1.807, 2.05) is 25.2 Å². The maximum Gasteiger partial charge on any atom is 0.260 e. The number of aliphatic hydroxyl groups excluding tert-OH is 1. The number of aliphatic hydroxyl groups is 1. The zero-order valence-electron chi connectivity index (χ0n) is 12.6. The number of amides is 1. The number of hydrogen-bond donors (Lipinski definition) is 1. The summed E-state index contributed by atoms with van der Waals surface area (Å²) >= 11 is 0. The zero-order chi connectivity index (χ0) is 14.9. The molecule has 5 heteroatoms. The molecular formula is C15H23N3O2. The SMILES string of the molecule is CN(C)CCCN(C)c1ccc2c(c1)N(C)C(=O)C2O. The lowest BCUT2D eigenvalue weighted by molar-refractivity contribution is -0.125. The van der Waals surface area contributed by atoms with Gasteiger partial charge in [-0.15, -0.1) is 0 Å². The molecule has 1 atom stereocenters. The maximum absolute atomic E-state index is 11.7. The molecule has 0 radical (unpaired) electrons. The molecule has 0 spiro atoms. The molecule has 1 aliphatic heterocycles. The zero-order valence-corrected chi connectivity index (χ0v) is 12.6. The Hall–Kier alpha value is -1.59. The Kier molecular flexibility index (Phi) is 4.30. The van der Waals surface area contributed by atoms with E-state index in [2.05, 4.69) is 23.9 Å². The Morgan fingerprint density at radius 1 is 1.25 bits per heavy atom. The standard InChI is InChI=1S/C15H23N3O2/c1-16(2)8-5-9-17(3)11-6-7-12-13(10-11)18(4)15(20)14(12)19/h6-7,10,14,19H,5,8-9H2,1-4H3. The highest BCUT2D eigenvalue weighted by Gasteiger charge is 2.33. The molecule has 0 bridgehead atoms. The second kappa shape index (κ2) is 5.81. The number of carbonyl (C=O) groups is 1. The first-order chi connectivity index (χ1) is 9.41. The van der Waals surface area contributed by atoms with Gasteiger partial charge in [-0.05, 0) is 39.2 Å². The predicted octanol–water partition coefficient (Wildman–Crippen LogP) is 1.08. The summed E-state index contributed by atoms with van der Waals surface area (Å²) in [6.07, 6.45) is 0.0703. The molecule has 1 aromatic carbocycles. The van der Waals surface area contributed by atoms with Gasteiger partial charge in [-0.3, -0.25) is 4.79 Å². The monoisotopic (exact) mass is 277 g/mol. The van der Waals surface area contributed by atoms with E-state index in [0.29, 0.717) is 5.56 Å². The van der Waals surface area contributed by atoms with Crippen molar-refractivity contribution in [3.63, 3.8) is 0 Å². The summed E-state index contributed by atoms with van der Waals surface area (Å²) in [5.41, 5.74) is 2.57. The second-order valence-corrected chi connectivity index (χ2v) is 5.62. The van der Waals surface area contributed by atoms with Gasteiger partial charge in [-0.1, -0.05) is 6.07 Å². The molecule has 1 amide bonds. The van der Waals surface area contributed by atoms with Gasteiger partial charge in [0.2, 0.25) is 0 Å². The van der Waals surface area contributed by atoms with Gasteiger partial charge in [0, 0.05) is 31.9 Å². The largest absolute Gasteiger partial charge is 0.378 e. The van der Waals surface area contributed by atoms with E-state index < -0.39 is 6.10 Å². The van der Waals surface area contributed by atoms with Crippen LogP contribution in [0.2, 0.25) is 0 Å². The van der Waals surface area contributed by atoms with Gasteiger partial charge in [-0.25, -0.2) is 0 Å². The number of likely N-dealkylation sites (N-methyl/N-ethyl adjacent to an activating group) is 1. The van der Waals surface area contributed by atoms with Crippen LogP contribution in [0.1, 0.15) is 18.1 Å². The Balaban J connectivity index is 2.10. The molecule has 2 rings (SSSR count). The Bertz CT molecular complexity index is 502. The molecule has 5 nitrogen and oxygen atoms in total. The molecule has 0 saturated heterocycles. The molecule has 0 aliphatic carbocycles. The average molecular weight is 277 g/mol. The molecule has 1 unspecified atom stereocenters. The van der Waals surface area contributed by atoms with Crippen LogP contribution in [0.25, 0.3) is 0 Å². The summed E-state index contributed by atoms with van der Waals surface area (Å²) in [7, 11) is 7.88. The minimum absolute atomic E-state index is 0.257. The number of anilines is 2. The van der Waals surface area contributed by atoms with Crippen molar-refractivity contribution in [2.45, 2.75) is 12.5 Å². The lowest BCUT2D eigenvalue weighted by atomic mass is 10.1. The lowest BCUT2D eigenvalue weighted by Gasteiger charge is -2.22. The third-order valence-corrected chi connectivity index (χ3v) is 3.77. The van der Waals surface area contributed by atoms with Gasteiger partial charge >= 0.3 is 0 Å². The van der Waals surface area contributed by atoms with Gasteiger partial charge in [0.05, 0.1) is 5.69 Å². The smallest absolute Gasteiger partial charge is 0.260 e. The number of fused-ring (bicyclic) bond motifs is 1. The van der Waals surface area contributed by atoms with E-state index in [9.17, 15) is 9.90 Å². The van der Waals surface area contributed by atoms with Crippen LogP contribution < -0.4 is 9.80 Å². The Morgan fingerprint density at radius 2 is 1.95 bits per heavy atom. The lowest BCUT2D eigenvalue weighted by Crippen LogP contribution is -2.24. The molecule has 0 saturated carbocycles. The van der Waals surface area contributed by atoms with Crippen molar-refractivity contribution in [1.82, 2.24) is 4.90 Å². The van der Waals surface area contributed by atoms with Gasteiger partial charge in [0.25, 0.3) is 5.91 Å². The van der Waals surface area contributed by atoms with Crippen molar-refractivity contribution in [3.05, 3.63) is 23.8 Å². The van der Waals surface area contributed by atoms with E-state index in [-0.39, 0.29) is 5.91 Å². The van der Waals surface area contributed by atoms with Crippen LogP contribution in [0, 0.1) is 0 Å². The second-order valence-electron chi connectivity index (χ2n) is 5.62. The highest BCUT2D eigenvalue weighted by Crippen LogP contribution is 2.37. The molecule has 1 N–H and O–H groups in total. The molecule has 0 aromatic heterocycles. The van der Waals surface area contributed by atoms with Crippen LogP contribution in [-0.4, -0.2) is 57.2 Å². The third-order valence-electron chi connectivity index (χ3n) is 3.77. The van der Waals surface area contributed by atoms with E-state index in [4.69, 9.17) is 0 Å². The fourth-order valence-corrected chi connectivity index (χ4v) is 2.48. The van der Waals surface area contributed by atoms with Crippen LogP contribution in [0.5, 0.6) is 0 Å². The summed E-state index contributed by atoms with van der Waals surface area (Å²) in [6, 6.07) is 5.78. The minimum atomic E-state index is -1.01. The summed E-state index contributed by atoms with van der Waals surface area (Å²) in [6.45, 7) is 2.00.